The minimum absolute atomic E-state index is 0.382. The maximum absolute atomic E-state index is 5.70. The molecule has 0 radical (unpaired) electrons. The summed E-state index contributed by atoms with van der Waals surface area (Å²) in [6.07, 6.45) is 1.85. The molecule has 2 unspecified atom stereocenters. The Morgan fingerprint density at radius 2 is 2.26 bits per heavy atom. The zero-order valence-electron chi connectivity index (χ0n) is 11.6. The summed E-state index contributed by atoms with van der Waals surface area (Å²) >= 11 is 4.99. The fraction of sp³-hybridized carbons (Fsp3) is 0.533. The number of nitrogens with zero attached hydrogens (tertiary/aromatic N) is 1. The van der Waals surface area contributed by atoms with Crippen LogP contribution >= 0.6 is 12.2 Å². The molecule has 0 saturated carbocycles. The highest BCUT2D eigenvalue weighted by atomic mass is 32.1. The summed E-state index contributed by atoms with van der Waals surface area (Å²) in [5.74, 6) is 1.57. The summed E-state index contributed by atoms with van der Waals surface area (Å²) in [6, 6.07) is 8.72. The molecule has 3 nitrogen and oxygen atoms in total. The Balaban J connectivity index is 2.02. The van der Waals surface area contributed by atoms with E-state index in [1.165, 1.54) is 5.56 Å². The Morgan fingerprint density at radius 3 is 3.00 bits per heavy atom. The first-order valence-electron chi connectivity index (χ1n) is 6.78. The van der Waals surface area contributed by atoms with Crippen LogP contribution < -0.4 is 10.5 Å². The van der Waals surface area contributed by atoms with Gasteiger partial charge in [0.05, 0.1) is 11.6 Å². The first-order chi connectivity index (χ1) is 9.08. The number of para-hydroxylation sites is 1. The Kier molecular flexibility index (Phi) is 4.77. The third kappa shape index (κ3) is 3.67. The van der Waals surface area contributed by atoms with Crippen LogP contribution in [0.5, 0.6) is 5.75 Å². The van der Waals surface area contributed by atoms with Crippen LogP contribution in [-0.2, 0) is 0 Å². The molecule has 2 atom stereocenters. The smallest absolute Gasteiger partial charge is 0.122 e. The van der Waals surface area contributed by atoms with Gasteiger partial charge in [0.2, 0.25) is 0 Å². The van der Waals surface area contributed by atoms with Crippen molar-refractivity contribution in [3.8, 4) is 5.75 Å². The minimum Gasteiger partial charge on any atom is -0.493 e. The van der Waals surface area contributed by atoms with E-state index in [-0.39, 0.29) is 0 Å². The van der Waals surface area contributed by atoms with Gasteiger partial charge in [-0.2, -0.15) is 0 Å². The van der Waals surface area contributed by atoms with Crippen molar-refractivity contribution in [1.82, 2.24) is 4.90 Å². The number of hydrogen-bond acceptors (Lipinski definition) is 3. The number of nitrogens with two attached hydrogens (primary N) is 1. The van der Waals surface area contributed by atoms with E-state index < -0.39 is 0 Å². The minimum atomic E-state index is 0.382. The van der Waals surface area contributed by atoms with E-state index >= 15 is 0 Å². The summed E-state index contributed by atoms with van der Waals surface area (Å²) in [6.45, 7) is 3.99. The molecule has 0 saturated heterocycles. The molecule has 0 spiro atoms. The molecule has 4 heteroatoms. The van der Waals surface area contributed by atoms with Crippen LogP contribution in [0, 0.1) is 0 Å². The van der Waals surface area contributed by atoms with Gasteiger partial charge in [0, 0.05) is 24.9 Å². The van der Waals surface area contributed by atoms with Crippen LogP contribution in [0.2, 0.25) is 0 Å². The number of likely N-dealkylation sites (N-methyl/N-ethyl adjacent to an activating group) is 1. The van der Waals surface area contributed by atoms with Gasteiger partial charge in [-0.25, -0.2) is 0 Å². The van der Waals surface area contributed by atoms with Crippen molar-refractivity contribution < 1.29 is 4.74 Å². The van der Waals surface area contributed by atoms with Gasteiger partial charge in [-0.15, -0.1) is 0 Å². The van der Waals surface area contributed by atoms with Gasteiger partial charge in [-0.1, -0.05) is 30.4 Å². The van der Waals surface area contributed by atoms with Crippen molar-refractivity contribution in [2.45, 2.75) is 31.7 Å². The highest BCUT2D eigenvalue weighted by Crippen LogP contribution is 2.33. The van der Waals surface area contributed by atoms with Crippen LogP contribution in [-0.4, -0.2) is 36.1 Å². The zero-order chi connectivity index (χ0) is 13.8. The lowest BCUT2D eigenvalue weighted by atomic mass is 9.92. The van der Waals surface area contributed by atoms with Gasteiger partial charge in [0.15, 0.2) is 0 Å². The number of rotatable bonds is 5. The first kappa shape index (κ1) is 14.3. The normalized spacial score (nSPS) is 19.6. The predicted octanol–water partition coefficient (Wildman–Crippen LogP) is 2.55. The molecule has 1 heterocycles. The van der Waals surface area contributed by atoms with E-state index in [1.54, 1.807) is 0 Å². The SMILES string of the molecule is CC(CC(N)=S)N(C)CC1CCOc2ccccc21. The van der Waals surface area contributed by atoms with E-state index in [0.717, 1.165) is 31.7 Å². The molecule has 19 heavy (non-hydrogen) atoms. The number of benzene rings is 1. The van der Waals surface area contributed by atoms with E-state index in [1.807, 2.05) is 6.07 Å². The predicted molar refractivity (Wildman–Crippen MR) is 82.8 cm³/mol. The largest absolute Gasteiger partial charge is 0.493 e. The van der Waals surface area contributed by atoms with Crippen LogP contribution in [0.1, 0.15) is 31.2 Å². The van der Waals surface area contributed by atoms with Crippen molar-refractivity contribution in [2.75, 3.05) is 20.2 Å². The molecule has 2 rings (SSSR count). The highest BCUT2D eigenvalue weighted by Gasteiger charge is 2.23. The summed E-state index contributed by atoms with van der Waals surface area (Å²) in [4.78, 5) is 2.93. The first-order valence-corrected chi connectivity index (χ1v) is 7.19. The van der Waals surface area contributed by atoms with E-state index in [9.17, 15) is 0 Å². The number of thiocarbonyl (C=S) groups is 1. The summed E-state index contributed by atoms with van der Waals surface area (Å²) in [5, 5.41) is 0. The Morgan fingerprint density at radius 1 is 1.53 bits per heavy atom. The molecule has 0 bridgehead atoms. The third-order valence-electron chi connectivity index (χ3n) is 3.84. The average Bonchev–Trinajstić information content (AvgIpc) is 2.38. The maximum atomic E-state index is 5.70. The van der Waals surface area contributed by atoms with Crippen LogP contribution in [0.4, 0.5) is 0 Å². The standard InChI is InChI=1S/C15H22N2OS/c1-11(9-15(16)19)17(2)10-12-7-8-18-14-6-4-3-5-13(12)14/h3-6,11-12H,7-10H2,1-2H3,(H2,16,19). The van der Waals surface area contributed by atoms with Gasteiger partial charge < -0.3 is 15.4 Å². The molecular weight excluding hydrogens is 256 g/mol. The quantitative estimate of drug-likeness (QED) is 0.840. The second kappa shape index (κ2) is 6.35. The molecule has 1 aromatic carbocycles. The van der Waals surface area contributed by atoms with Crippen LogP contribution in [0.15, 0.2) is 24.3 Å². The maximum Gasteiger partial charge on any atom is 0.122 e. The molecule has 2 N–H and O–H groups in total. The zero-order valence-corrected chi connectivity index (χ0v) is 12.5. The van der Waals surface area contributed by atoms with Crippen molar-refractivity contribution in [3.63, 3.8) is 0 Å². The van der Waals surface area contributed by atoms with Gasteiger partial charge >= 0.3 is 0 Å². The summed E-state index contributed by atoms with van der Waals surface area (Å²) in [5.41, 5.74) is 6.95. The second-order valence-corrected chi connectivity index (χ2v) is 5.86. The second-order valence-electron chi connectivity index (χ2n) is 5.33. The lowest BCUT2D eigenvalue weighted by Crippen LogP contribution is -2.36. The number of fused-ring (bicyclic) bond motifs is 1. The van der Waals surface area contributed by atoms with Crippen molar-refractivity contribution in [2.24, 2.45) is 5.73 Å². The Hall–Kier alpha value is -1.13. The lowest BCUT2D eigenvalue weighted by Gasteiger charge is -2.32. The highest BCUT2D eigenvalue weighted by molar-refractivity contribution is 7.80. The molecule has 0 aromatic heterocycles. The van der Waals surface area contributed by atoms with E-state index in [2.05, 4.69) is 37.1 Å². The fourth-order valence-corrected chi connectivity index (χ4v) is 2.82. The molecule has 0 aliphatic carbocycles. The third-order valence-corrected chi connectivity index (χ3v) is 4.01. The van der Waals surface area contributed by atoms with Gasteiger partial charge in [0.25, 0.3) is 0 Å². The van der Waals surface area contributed by atoms with Gasteiger partial charge in [-0.3, -0.25) is 0 Å². The van der Waals surface area contributed by atoms with Crippen molar-refractivity contribution >= 4 is 17.2 Å². The molecule has 104 valence electrons. The number of ether oxygens (including phenoxy) is 1. The monoisotopic (exact) mass is 278 g/mol. The fourth-order valence-electron chi connectivity index (χ4n) is 2.58. The van der Waals surface area contributed by atoms with Crippen LogP contribution in [0.3, 0.4) is 0 Å². The molecular formula is C15H22N2OS. The molecule has 1 aliphatic rings. The topological polar surface area (TPSA) is 38.5 Å². The van der Waals surface area contributed by atoms with Gasteiger partial charge in [0.1, 0.15) is 5.75 Å². The molecule has 0 amide bonds. The summed E-state index contributed by atoms with van der Waals surface area (Å²) in [7, 11) is 2.14. The Labute approximate surface area is 120 Å². The lowest BCUT2D eigenvalue weighted by molar-refractivity contribution is 0.206. The summed E-state index contributed by atoms with van der Waals surface area (Å²) < 4.78 is 5.70. The molecule has 0 fully saturated rings. The van der Waals surface area contributed by atoms with E-state index in [4.69, 9.17) is 22.7 Å². The number of hydrogen-bond donors (Lipinski definition) is 1. The van der Waals surface area contributed by atoms with Crippen LogP contribution in [0.25, 0.3) is 0 Å². The van der Waals surface area contributed by atoms with E-state index in [0.29, 0.717) is 16.9 Å². The van der Waals surface area contributed by atoms with Crippen molar-refractivity contribution in [1.29, 1.82) is 0 Å². The van der Waals surface area contributed by atoms with Crippen molar-refractivity contribution in [3.05, 3.63) is 29.8 Å². The average molecular weight is 278 g/mol. The van der Waals surface area contributed by atoms with Gasteiger partial charge in [-0.05, 0) is 32.0 Å². The Bertz CT molecular complexity index is 450. The molecule has 1 aliphatic heterocycles. The molecule has 1 aromatic rings.